The fourth-order valence-corrected chi connectivity index (χ4v) is 6.93. The smallest absolute Gasteiger partial charge is 0.407 e. The molecule has 2 amide bonds. The minimum atomic E-state index is -1.34. The van der Waals surface area contributed by atoms with E-state index in [1.165, 1.54) is 0 Å². The fraction of sp³-hybridized carbons (Fsp3) is 0.382. The number of rotatable bonds is 10. The van der Waals surface area contributed by atoms with Crippen LogP contribution in [0.5, 0.6) is 0 Å². The number of hydrogen-bond acceptors (Lipinski definition) is 5. The summed E-state index contributed by atoms with van der Waals surface area (Å²) in [5.74, 6) is -1.78. The molecule has 0 aromatic heterocycles. The standard InChI is InChI=1S/C34H36N2O6/c1-22(41-18-23-10-3-2-4-11-23)29(30(37)36-34(31(38)39)20-33(21-34)16-9-17-33)35-32(40)42-19-28-26-14-7-5-12-24(26)25-13-6-8-15-27(25)28/h2-8,10-15,22,28-29H,9,16-21H2,1H3,(H,35,40)(H,36,37)(H,38,39)/t22-,29+/m0/s1. The predicted octanol–water partition coefficient (Wildman–Crippen LogP) is 5.40. The first-order valence-electron chi connectivity index (χ1n) is 14.6. The van der Waals surface area contributed by atoms with Crippen molar-refractivity contribution in [1.29, 1.82) is 0 Å². The van der Waals surface area contributed by atoms with Gasteiger partial charge >= 0.3 is 12.1 Å². The summed E-state index contributed by atoms with van der Waals surface area (Å²) in [6.45, 7) is 2.01. The van der Waals surface area contributed by atoms with Gasteiger partial charge in [-0.1, -0.05) is 85.3 Å². The molecule has 0 heterocycles. The predicted molar refractivity (Wildman–Crippen MR) is 157 cm³/mol. The lowest BCUT2D eigenvalue weighted by Crippen LogP contribution is -2.70. The fourth-order valence-electron chi connectivity index (χ4n) is 6.93. The first kappa shape index (κ1) is 28.0. The van der Waals surface area contributed by atoms with Crippen LogP contribution < -0.4 is 10.6 Å². The van der Waals surface area contributed by atoms with E-state index >= 15 is 0 Å². The highest BCUT2D eigenvalue weighted by Crippen LogP contribution is 2.60. The molecule has 3 aliphatic rings. The number of benzene rings is 3. The topological polar surface area (TPSA) is 114 Å². The Kier molecular flexibility index (Phi) is 7.49. The van der Waals surface area contributed by atoms with Gasteiger partial charge in [0.25, 0.3) is 0 Å². The number of carboxylic acids is 1. The van der Waals surface area contributed by atoms with Crippen molar-refractivity contribution in [2.24, 2.45) is 5.41 Å². The van der Waals surface area contributed by atoms with E-state index in [9.17, 15) is 19.5 Å². The molecule has 0 radical (unpaired) electrons. The summed E-state index contributed by atoms with van der Waals surface area (Å²) in [4.78, 5) is 39.1. The second kappa shape index (κ2) is 11.2. The molecule has 8 nitrogen and oxygen atoms in total. The molecule has 3 aromatic carbocycles. The van der Waals surface area contributed by atoms with Crippen LogP contribution in [0.2, 0.25) is 0 Å². The summed E-state index contributed by atoms with van der Waals surface area (Å²) >= 11 is 0. The van der Waals surface area contributed by atoms with Gasteiger partial charge in [0.15, 0.2) is 0 Å². The van der Waals surface area contributed by atoms with Gasteiger partial charge in [-0.2, -0.15) is 0 Å². The van der Waals surface area contributed by atoms with E-state index in [1.807, 2.05) is 66.7 Å². The van der Waals surface area contributed by atoms with Crippen molar-refractivity contribution in [2.75, 3.05) is 6.61 Å². The Bertz CT molecular complexity index is 1430. The average Bonchev–Trinajstić information content (AvgIpc) is 3.28. The maximum absolute atomic E-state index is 13.6. The Morgan fingerprint density at radius 2 is 1.50 bits per heavy atom. The van der Waals surface area contributed by atoms with Crippen molar-refractivity contribution in [2.45, 2.75) is 69.2 Å². The molecule has 3 aromatic rings. The van der Waals surface area contributed by atoms with Crippen molar-refractivity contribution >= 4 is 18.0 Å². The third-order valence-electron chi connectivity index (χ3n) is 9.26. The maximum atomic E-state index is 13.6. The van der Waals surface area contributed by atoms with E-state index in [0.717, 1.165) is 47.1 Å². The van der Waals surface area contributed by atoms with Crippen LogP contribution in [-0.4, -0.2) is 47.4 Å². The second-order valence-corrected chi connectivity index (χ2v) is 12.0. The second-order valence-electron chi connectivity index (χ2n) is 12.0. The molecule has 2 saturated carbocycles. The lowest BCUT2D eigenvalue weighted by molar-refractivity contribution is -0.166. The first-order valence-corrected chi connectivity index (χ1v) is 14.6. The highest BCUT2D eigenvalue weighted by atomic mass is 16.5. The molecule has 3 N–H and O–H groups in total. The molecule has 3 aliphatic carbocycles. The van der Waals surface area contributed by atoms with Crippen molar-refractivity contribution in [3.63, 3.8) is 0 Å². The number of nitrogens with one attached hydrogen (secondary N) is 2. The summed E-state index contributed by atoms with van der Waals surface area (Å²) in [7, 11) is 0. The minimum Gasteiger partial charge on any atom is -0.480 e. The highest BCUT2D eigenvalue weighted by molar-refractivity contribution is 5.92. The van der Waals surface area contributed by atoms with Gasteiger partial charge < -0.3 is 25.2 Å². The Morgan fingerprint density at radius 1 is 0.905 bits per heavy atom. The molecule has 0 saturated heterocycles. The highest BCUT2D eigenvalue weighted by Gasteiger charge is 2.62. The SMILES string of the molecule is C[C@H](OCc1ccccc1)[C@@H](NC(=O)OCC1c2ccccc2-c2ccccc21)C(=O)NC1(C(=O)O)CC2(CCC2)C1. The van der Waals surface area contributed by atoms with Crippen LogP contribution >= 0.6 is 0 Å². The lowest BCUT2D eigenvalue weighted by Gasteiger charge is -2.59. The van der Waals surface area contributed by atoms with Crippen LogP contribution in [0.3, 0.4) is 0 Å². The van der Waals surface area contributed by atoms with E-state index in [1.54, 1.807) is 6.92 Å². The van der Waals surface area contributed by atoms with Gasteiger partial charge in [-0.25, -0.2) is 9.59 Å². The Hall–Kier alpha value is -4.17. The van der Waals surface area contributed by atoms with Gasteiger partial charge in [0.1, 0.15) is 18.2 Å². The largest absolute Gasteiger partial charge is 0.480 e. The molecule has 0 bridgehead atoms. The quantitative estimate of drug-likeness (QED) is 0.302. The molecule has 42 heavy (non-hydrogen) atoms. The normalized spacial score (nSPS) is 18.9. The Labute approximate surface area is 245 Å². The molecule has 218 valence electrons. The third kappa shape index (κ3) is 5.27. The van der Waals surface area contributed by atoms with Crippen LogP contribution in [0, 0.1) is 5.41 Å². The molecule has 1 spiro atoms. The molecule has 2 fully saturated rings. The van der Waals surface area contributed by atoms with Gasteiger partial charge in [0.05, 0.1) is 12.7 Å². The van der Waals surface area contributed by atoms with Gasteiger partial charge in [0, 0.05) is 5.92 Å². The number of carboxylic acid groups (broad SMARTS) is 1. The Balaban J connectivity index is 1.15. The number of carbonyl (C=O) groups is 3. The zero-order valence-electron chi connectivity index (χ0n) is 23.7. The van der Waals surface area contributed by atoms with Crippen LogP contribution in [0.1, 0.15) is 61.6 Å². The van der Waals surface area contributed by atoms with E-state index < -0.39 is 35.7 Å². The molecule has 6 rings (SSSR count). The number of carbonyl (C=O) groups excluding carboxylic acids is 2. The molecular formula is C34H36N2O6. The summed E-state index contributed by atoms with van der Waals surface area (Å²) in [5.41, 5.74) is 3.99. The average molecular weight is 569 g/mol. The molecule has 0 aliphatic heterocycles. The van der Waals surface area contributed by atoms with Gasteiger partial charge in [-0.15, -0.1) is 0 Å². The van der Waals surface area contributed by atoms with E-state index in [0.29, 0.717) is 12.8 Å². The molecule has 2 atom stereocenters. The number of amides is 2. The zero-order chi connectivity index (χ0) is 29.3. The van der Waals surface area contributed by atoms with Crippen LogP contribution in [0.15, 0.2) is 78.9 Å². The summed E-state index contributed by atoms with van der Waals surface area (Å²) in [6.07, 6.45) is 2.33. The molecule has 8 heteroatoms. The van der Waals surface area contributed by atoms with Crippen molar-refractivity contribution in [1.82, 2.24) is 10.6 Å². The number of ether oxygens (including phenoxy) is 2. The molecule has 0 unspecified atom stereocenters. The summed E-state index contributed by atoms with van der Waals surface area (Å²) < 4.78 is 11.7. The molecular weight excluding hydrogens is 532 g/mol. The van der Waals surface area contributed by atoms with Crippen LogP contribution in [0.25, 0.3) is 11.1 Å². The lowest BCUT2D eigenvalue weighted by atomic mass is 9.48. The number of fused-ring (bicyclic) bond motifs is 3. The summed E-state index contributed by atoms with van der Waals surface area (Å²) in [6, 6.07) is 24.5. The van der Waals surface area contributed by atoms with Gasteiger partial charge in [0.2, 0.25) is 5.91 Å². The monoisotopic (exact) mass is 568 g/mol. The van der Waals surface area contributed by atoms with Crippen molar-refractivity contribution < 1.29 is 29.0 Å². The van der Waals surface area contributed by atoms with Gasteiger partial charge in [-0.3, -0.25) is 4.79 Å². The van der Waals surface area contributed by atoms with E-state index in [4.69, 9.17) is 9.47 Å². The minimum absolute atomic E-state index is 0.0107. The number of hydrogen-bond donors (Lipinski definition) is 3. The summed E-state index contributed by atoms with van der Waals surface area (Å²) in [5, 5.41) is 15.5. The zero-order valence-corrected chi connectivity index (χ0v) is 23.7. The van der Waals surface area contributed by atoms with Crippen molar-refractivity contribution in [3.05, 3.63) is 95.6 Å². The van der Waals surface area contributed by atoms with E-state index in [-0.39, 0.29) is 24.5 Å². The van der Waals surface area contributed by atoms with Crippen molar-refractivity contribution in [3.8, 4) is 11.1 Å². The number of alkyl carbamates (subject to hydrolysis) is 1. The Morgan fingerprint density at radius 3 is 2.07 bits per heavy atom. The van der Waals surface area contributed by atoms with Gasteiger partial charge in [-0.05, 0) is 65.8 Å². The van der Waals surface area contributed by atoms with E-state index in [2.05, 4.69) is 22.8 Å². The third-order valence-corrected chi connectivity index (χ3v) is 9.26. The maximum Gasteiger partial charge on any atom is 0.407 e. The number of aliphatic carboxylic acids is 1. The van der Waals surface area contributed by atoms with Crippen LogP contribution in [-0.2, 0) is 25.7 Å². The van der Waals surface area contributed by atoms with Crippen LogP contribution in [0.4, 0.5) is 4.79 Å². The first-order chi connectivity index (χ1) is 20.3.